The highest BCUT2D eigenvalue weighted by atomic mass is 16.5. The van der Waals surface area contributed by atoms with Crippen LogP contribution in [0.4, 0.5) is 0 Å². The van der Waals surface area contributed by atoms with Crippen LogP contribution in [0, 0.1) is 0 Å². The molecule has 0 aliphatic carbocycles. The number of rotatable bonds is 7. The van der Waals surface area contributed by atoms with E-state index in [1.54, 1.807) is 30.7 Å². The molecule has 0 saturated heterocycles. The fraction of sp³-hybridized carbons (Fsp3) is 0.100. The third-order valence-corrected chi connectivity index (χ3v) is 5.89. The number of fused-ring (bicyclic) bond motifs is 1. The van der Waals surface area contributed by atoms with Gasteiger partial charge in [0.05, 0.1) is 12.8 Å². The van der Waals surface area contributed by atoms with Crippen LogP contribution in [-0.2, 0) is 0 Å². The molecular formula is C30H25N3O3. The molecule has 0 fully saturated rings. The van der Waals surface area contributed by atoms with Crippen molar-refractivity contribution in [3.05, 3.63) is 131 Å². The summed E-state index contributed by atoms with van der Waals surface area (Å²) >= 11 is 0. The quantitative estimate of drug-likeness (QED) is 0.270. The first-order valence-corrected chi connectivity index (χ1v) is 11.8. The normalized spacial score (nSPS) is 14.8. The van der Waals surface area contributed by atoms with Crippen LogP contribution in [-0.4, -0.2) is 23.7 Å². The molecule has 0 bridgehead atoms. The van der Waals surface area contributed by atoms with Crippen molar-refractivity contribution in [3.8, 4) is 11.5 Å². The van der Waals surface area contributed by atoms with Crippen molar-refractivity contribution < 1.29 is 14.3 Å². The Bertz CT molecular complexity index is 1400. The van der Waals surface area contributed by atoms with Crippen LogP contribution in [0.25, 0.3) is 5.76 Å². The van der Waals surface area contributed by atoms with Gasteiger partial charge in [0.2, 0.25) is 0 Å². The van der Waals surface area contributed by atoms with E-state index >= 15 is 0 Å². The van der Waals surface area contributed by atoms with E-state index in [9.17, 15) is 4.79 Å². The number of aromatic nitrogens is 1. The van der Waals surface area contributed by atoms with Gasteiger partial charge in [0.25, 0.3) is 5.91 Å². The molecule has 0 spiro atoms. The van der Waals surface area contributed by atoms with E-state index in [2.05, 4.69) is 33.7 Å². The summed E-state index contributed by atoms with van der Waals surface area (Å²) in [5.74, 6) is 1.79. The Morgan fingerprint density at radius 3 is 2.44 bits per heavy atom. The van der Waals surface area contributed by atoms with Crippen molar-refractivity contribution in [2.75, 3.05) is 6.61 Å². The number of amides is 1. The maximum atomic E-state index is 12.6. The van der Waals surface area contributed by atoms with Gasteiger partial charge in [0.15, 0.2) is 0 Å². The van der Waals surface area contributed by atoms with E-state index in [1.807, 2.05) is 67.6 Å². The number of carbonyl (C=O) groups excluding carboxylic acids is 1. The van der Waals surface area contributed by atoms with Crippen LogP contribution in [0.2, 0.25) is 0 Å². The summed E-state index contributed by atoms with van der Waals surface area (Å²) in [5.41, 5.74) is 6.95. The molecule has 0 radical (unpaired) electrons. The second kappa shape index (κ2) is 10.7. The smallest absolute Gasteiger partial charge is 0.271 e. The Morgan fingerprint density at radius 2 is 1.69 bits per heavy atom. The van der Waals surface area contributed by atoms with E-state index < -0.39 is 0 Å². The number of hydrazone groups is 1. The highest BCUT2D eigenvalue weighted by molar-refractivity contribution is 5.97. The van der Waals surface area contributed by atoms with Gasteiger partial charge in [-0.15, -0.1) is 0 Å². The lowest BCUT2D eigenvalue weighted by Crippen LogP contribution is -2.21. The molecule has 2 heterocycles. The summed E-state index contributed by atoms with van der Waals surface area (Å²) in [6, 6.07) is 29.3. The van der Waals surface area contributed by atoms with E-state index in [1.165, 1.54) is 0 Å². The highest BCUT2D eigenvalue weighted by Gasteiger charge is 2.31. The first-order chi connectivity index (χ1) is 17.7. The summed E-state index contributed by atoms with van der Waals surface area (Å²) in [6.07, 6.45) is 4.82. The highest BCUT2D eigenvalue weighted by Crippen LogP contribution is 2.45. The van der Waals surface area contributed by atoms with Gasteiger partial charge in [0.1, 0.15) is 17.3 Å². The predicted molar refractivity (Wildman–Crippen MR) is 140 cm³/mol. The largest absolute Gasteiger partial charge is 0.494 e. The van der Waals surface area contributed by atoms with Crippen LogP contribution in [0.1, 0.15) is 39.9 Å². The van der Waals surface area contributed by atoms with Crippen LogP contribution >= 0.6 is 0 Å². The summed E-state index contributed by atoms with van der Waals surface area (Å²) < 4.78 is 12.1. The number of hydrogen-bond donors (Lipinski definition) is 1. The first kappa shape index (κ1) is 23.1. The van der Waals surface area contributed by atoms with Gasteiger partial charge in [0, 0.05) is 40.6 Å². The minimum absolute atomic E-state index is 0.140. The Hall–Kier alpha value is -4.71. The van der Waals surface area contributed by atoms with Crippen molar-refractivity contribution >= 4 is 17.9 Å². The minimum Gasteiger partial charge on any atom is -0.494 e. The molecular weight excluding hydrogens is 450 g/mol. The van der Waals surface area contributed by atoms with Crippen LogP contribution in [0.3, 0.4) is 0 Å². The van der Waals surface area contributed by atoms with Gasteiger partial charge < -0.3 is 9.47 Å². The molecule has 6 nitrogen and oxygen atoms in total. The number of benzene rings is 3. The standard InChI is InChI=1S/C30H25N3O3/c1-2-35-24-14-12-22(13-15-24)29-26(20-32-33-30(34)23-16-18-31-19-17-23)28(21-8-4-3-5-9-21)25-10-6-7-11-27(25)36-29/h3-20,28H,2H2,1H3,(H,33,34)/b32-20-/t28-/m0/s1. The van der Waals surface area contributed by atoms with Crippen molar-refractivity contribution in [3.63, 3.8) is 0 Å². The van der Waals surface area contributed by atoms with E-state index in [4.69, 9.17) is 9.47 Å². The topological polar surface area (TPSA) is 72.8 Å². The van der Waals surface area contributed by atoms with Crippen molar-refractivity contribution in [2.45, 2.75) is 12.8 Å². The SMILES string of the molecule is CCOc1ccc(C2=C(/C=N\NC(=O)c3ccncc3)[C@@H](c3ccccc3)c3ccccc3O2)cc1. The van der Waals surface area contributed by atoms with Crippen molar-refractivity contribution in [2.24, 2.45) is 5.10 Å². The zero-order valence-electron chi connectivity index (χ0n) is 19.8. The summed E-state index contributed by atoms with van der Waals surface area (Å²) in [7, 11) is 0. The minimum atomic E-state index is -0.315. The summed E-state index contributed by atoms with van der Waals surface area (Å²) in [5, 5.41) is 4.34. The number of hydrogen-bond acceptors (Lipinski definition) is 5. The fourth-order valence-electron chi connectivity index (χ4n) is 4.24. The molecule has 178 valence electrons. The predicted octanol–water partition coefficient (Wildman–Crippen LogP) is 5.83. The zero-order valence-corrected chi connectivity index (χ0v) is 19.8. The molecule has 4 aromatic rings. The number of nitrogens with zero attached hydrogens (tertiary/aromatic N) is 2. The van der Waals surface area contributed by atoms with Gasteiger partial charge in [-0.1, -0.05) is 48.5 Å². The number of nitrogens with one attached hydrogen (secondary N) is 1. The van der Waals surface area contributed by atoms with Gasteiger partial charge in [-0.05, 0) is 55.0 Å². The number of pyridine rings is 1. The molecule has 5 rings (SSSR count). The zero-order chi connectivity index (χ0) is 24.7. The van der Waals surface area contributed by atoms with E-state index in [0.29, 0.717) is 17.9 Å². The molecule has 1 aliphatic rings. The molecule has 36 heavy (non-hydrogen) atoms. The molecule has 1 aromatic heterocycles. The number of allylic oxidation sites excluding steroid dienone is 1. The van der Waals surface area contributed by atoms with Crippen molar-refractivity contribution in [1.29, 1.82) is 0 Å². The van der Waals surface area contributed by atoms with E-state index in [-0.39, 0.29) is 11.8 Å². The second-order valence-corrected chi connectivity index (χ2v) is 8.16. The number of para-hydroxylation sites is 1. The van der Waals surface area contributed by atoms with Crippen molar-refractivity contribution in [1.82, 2.24) is 10.4 Å². The fourth-order valence-corrected chi connectivity index (χ4v) is 4.24. The Balaban J connectivity index is 1.59. The maximum Gasteiger partial charge on any atom is 0.271 e. The monoisotopic (exact) mass is 475 g/mol. The van der Waals surface area contributed by atoms with Gasteiger partial charge in [-0.2, -0.15) is 5.10 Å². The molecule has 1 aliphatic heterocycles. The summed E-state index contributed by atoms with van der Waals surface area (Å²) in [6.45, 7) is 2.55. The van der Waals surface area contributed by atoms with Gasteiger partial charge in [-0.3, -0.25) is 9.78 Å². The lowest BCUT2D eigenvalue weighted by Gasteiger charge is -2.30. The third kappa shape index (κ3) is 4.88. The molecule has 3 aromatic carbocycles. The second-order valence-electron chi connectivity index (χ2n) is 8.16. The lowest BCUT2D eigenvalue weighted by molar-refractivity contribution is 0.0955. The molecule has 1 N–H and O–H groups in total. The summed E-state index contributed by atoms with van der Waals surface area (Å²) in [4.78, 5) is 16.5. The third-order valence-electron chi connectivity index (χ3n) is 5.89. The lowest BCUT2D eigenvalue weighted by atomic mass is 9.81. The molecule has 1 amide bonds. The Kier molecular flexibility index (Phi) is 6.85. The average Bonchev–Trinajstić information content (AvgIpc) is 2.94. The first-order valence-electron chi connectivity index (χ1n) is 11.8. The maximum absolute atomic E-state index is 12.6. The van der Waals surface area contributed by atoms with E-state index in [0.717, 1.165) is 33.8 Å². The number of ether oxygens (including phenoxy) is 2. The average molecular weight is 476 g/mol. The molecule has 0 saturated carbocycles. The Morgan fingerprint density at radius 1 is 0.972 bits per heavy atom. The molecule has 1 atom stereocenters. The molecule has 0 unspecified atom stereocenters. The van der Waals surface area contributed by atoms with Crippen LogP contribution in [0.5, 0.6) is 11.5 Å². The van der Waals surface area contributed by atoms with Crippen LogP contribution in [0.15, 0.2) is 114 Å². The number of carbonyl (C=O) groups is 1. The van der Waals surface area contributed by atoms with Gasteiger partial charge >= 0.3 is 0 Å². The molecule has 6 heteroatoms. The van der Waals surface area contributed by atoms with Gasteiger partial charge in [-0.25, -0.2) is 5.43 Å². The Labute approximate surface area is 209 Å². The van der Waals surface area contributed by atoms with Crippen LogP contribution < -0.4 is 14.9 Å².